The number of hydrogen-bond acceptors (Lipinski definition) is 4. The number of halogens is 4. The molecule has 1 N–H and O–H groups in total. The molecule has 0 saturated heterocycles. The van der Waals surface area contributed by atoms with E-state index in [2.05, 4.69) is 15.4 Å². The van der Waals surface area contributed by atoms with Gasteiger partial charge in [-0.15, -0.1) is 0 Å². The smallest absolute Gasteiger partial charge is 0.382 e. The molecule has 0 unspecified atom stereocenters. The third-order valence-corrected chi connectivity index (χ3v) is 5.34. The van der Waals surface area contributed by atoms with Crippen molar-refractivity contribution in [2.24, 2.45) is 5.92 Å². The average molecular weight is 437 g/mol. The van der Waals surface area contributed by atoms with Gasteiger partial charge in [-0.3, -0.25) is 4.79 Å². The summed E-state index contributed by atoms with van der Waals surface area (Å²) >= 11 is 6.09. The molecular formula is C21H20ClF3N4O. The minimum Gasteiger partial charge on any atom is -0.382 e. The number of fused-ring (bicyclic) bond motifs is 1. The monoisotopic (exact) mass is 436 g/mol. The van der Waals surface area contributed by atoms with Crippen molar-refractivity contribution in [2.75, 3.05) is 11.9 Å². The quantitative estimate of drug-likeness (QED) is 0.482. The molecule has 1 aliphatic carbocycles. The molecule has 1 aliphatic rings. The molecular weight excluding hydrogens is 417 g/mol. The van der Waals surface area contributed by atoms with Crippen LogP contribution in [0.5, 0.6) is 0 Å². The van der Waals surface area contributed by atoms with E-state index >= 15 is 0 Å². The maximum atomic E-state index is 12.5. The van der Waals surface area contributed by atoms with E-state index in [4.69, 9.17) is 11.6 Å². The van der Waals surface area contributed by atoms with Gasteiger partial charge < -0.3 is 5.32 Å². The van der Waals surface area contributed by atoms with Gasteiger partial charge in [0.1, 0.15) is 0 Å². The number of hydrogen-bond donors (Lipinski definition) is 1. The van der Waals surface area contributed by atoms with Gasteiger partial charge in [0.15, 0.2) is 16.6 Å². The van der Waals surface area contributed by atoms with Gasteiger partial charge in [0.05, 0.1) is 24.0 Å². The highest BCUT2D eigenvalue weighted by atomic mass is 35.5. The summed E-state index contributed by atoms with van der Waals surface area (Å²) in [4.78, 5) is 16.8. The lowest BCUT2D eigenvalue weighted by Crippen LogP contribution is -2.15. The Morgan fingerprint density at radius 3 is 2.73 bits per heavy atom. The number of anilines is 1. The Morgan fingerprint density at radius 2 is 2.07 bits per heavy atom. The Morgan fingerprint density at radius 1 is 1.30 bits per heavy atom. The highest BCUT2D eigenvalue weighted by molar-refractivity contribution is 6.29. The second-order valence-corrected chi connectivity index (χ2v) is 8.04. The molecule has 4 rings (SSSR count). The van der Waals surface area contributed by atoms with Crippen LogP contribution in [-0.4, -0.2) is 33.1 Å². The van der Waals surface area contributed by atoms with Gasteiger partial charge in [-0.25, -0.2) is 9.50 Å². The zero-order valence-corrected chi connectivity index (χ0v) is 17.0. The minimum atomic E-state index is -4.25. The topological polar surface area (TPSA) is 59.3 Å². The van der Waals surface area contributed by atoms with E-state index in [1.807, 2.05) is 25.1 Å². The number of nitrogens with zero attached hydrogens (tertiary/aromatic N) is 3. The first-order valence-corrected chi connectivity index (χ1v) is 10.1. The van der Waals surface area contributed by atoms with Gasteiger partial charge in [-0.05, 0) is 37.3 Å². The van der Waals surface area contributed by atoms with E-state index in [0.29, 0.717) is 34.9 Å². The number of carbonyl (C=O) groups is 1. The van der Waals surface area contributed by atoms with Crippen molar-refractivity contribution in [1.82, 2.24) is 14.6 Å². The van der Waals surface area contributed by atoms with Gasteiger partial charge in [-0.2, -0.15) is 18.3 Å². The molecule has 1 saturated carbocycles. The molecule has 0 aliphatic heterocycles. The average Bonchev–Trinajstić information content (AvgIpc) is 3.36. The molecule has 30 heavy (non-hydrogen) atoms. The molecule has 0 amide bonds. The van der Waals surface area contributed by atoms with Crippen molar-refractivity contribution >= 4 is 28.7 Å². The van der Waals surface area contributed by atoms with Crippen molar-refractivity contribution < 1.29 is 18.0 Å². The lowest BCUT2D eigenvalue weighted by molar-refractivity contribution is -0.131. The number of carbonyl (C=O) groups excluding carboxylic acids is 1. The predicted octanol–water partition coefficient (Wildman–Crippen LogP) is 5.71. The fourth-order valence-electron chi connectivity index (χ4n) is 3.43. The Hall–Kier alpha value is -2.61. The maximum Gasteiger partial charge on any atom is 0.390 e. The number of benzene rings is 1. The molecule has 3 aromatic rings. The maximum absolute atomic E-state index is 12.5. The van der Waals surface area contributed by atoms with Crippen LogP contribution in [0.2, 0.25) is 5.15 Å². The number of ketones is 1. The summed E-state index contributed by atoms with van der Waals surface area (Å²) in [5, 5.41) is 7.12. The number of rotatable bonds is 7. The SMILES string of the molecule is Cc1cc(-c2cnc3c(NCCC(F)(F)F)cc(Cl)nn23)ccc1C(=O)CC1CC1. The van der Waals surface area contributed by atoms with E-state index in [9.17, 15) is 18.0 Å². The van der Waals surface area contributed by atoms with Crippen LogP contribution in [0.25, 0.3) is 16.9 Å². The highest BCUT2D eigenvalue weighted by Gasteiger charge is 2.27. The summed E-state index contributed by atoms with van der Waals surface area (Å²) in [5.74, 6) is 0.668. The normalized spacial score (nSPS) is 14.3. The molecule has 9 heteroatoms. The van der Waals surface area contributed by atoms with Crippen molar-refractivity contribution in [1.29, 1.82) is 0 Å². The van der Waals surface area contributed by atoms with E-state index in [-0.39, 0.29) is 17.5 Å². The van der Waals surface area contributed by atoms with Crippen LogP contribution < -0.4 is 5.32 Å². The molecule has 1 fully saturated rings. The molecule has 2 aromatic heterocycles. The van der Waals surface area contributed by atoms with Gasteiger partial charge in [0, 0.05) is 30.2 Å². The third kappa shape index (κ3) is 4.59. The molecule has 0 radical (unpaired) electrons. The lowest BCUT2D eigenvalue weighted by Gasteiger charge is -2.11. The Bertz CT molecular complexity index is 1110. The van der Waals surface area contributed by atoms with Crippen LogP contribution in [0, 0.1) is 12.8 Å². The molecule has 0 atom stereocenters. The van der Waals surface area contributed by atoms with Crippen molar-refractivity contribution in [3.05, 3.63) is 46.7 Å². The summed E-state index contributed by atoms with van der Waals surface area (Å²) < 4.78 is 38.9. The summed E-state index contributed by atoms with van der Waals surface area (Å²) in [6, 6.07) is 6.98. The van der Waals surface area contributed by atoms with E-state index in [1.165, 1.54) is 10.6 Å². The zero-order valence-electron chi connectivity index (χ0n) is 16.3. The number of Topliss-reactive ketones (excluding diaryl/α,β-unsaturated/α-hetero) is 1. The number of nitrogens with one attached hydrogen (secondary N) is 1. The van der Waals surface area contributed by atoms with Crippen LogP contribution >= 0.6 is 11.6 Å². The minimum absolute atomic E-state index is 0.129. The first kappa shape index (κ1) is 20.7. The summed E-state index contributed by atoms with van der Waals surface area (Å²) in [5.41, 5.74) is 3.75. The van der Waals surface area contributed by atoms with Crippen molar-refractivity contribution in [3.8, 4) is 11.3 Å². The predicted molar refractivity (Wildman–Crippen MR) is 109 cm³/mol. The van der Waals surface area contributed by atoms with Crippen molar-refractivity contribution in [2.45, 2.75) is 38.8 Å². The van der Waals surface area contributed by atoms with Gasteiger partial charge in [0.2, 0.25) is 0 Å². The van der Waals surface area contributed by atoms with Gasteiger partial charge in [0.25, 0.3) is 0 Å². The lowest BCUT2D eigenvalue weighted by atomic mass is 9.98. The highest BCUT2D eigenvalue weighted by Crippen LogP contribution is 2.34. The number of alkyl halides is 3. The molecule has 1 aromatic carbocycles. The largest absolute Gasteiger partial charge is 0.390 e. The number of imidazole rings is 1. The van der Waals surface area contributed by atoms with Gasteiger partial charge >= 0.3 is 6.18 Å². The molecule has 5 nitrogen and oxygen atoms in total. The second kappa shape index (κ2) is 7.91. The molecule has 0 bridgehead atoms. The van der Waals surface area contributed by atoms with Crippen LogP contribution in [0.3, 0.4) is 0 Å². The zero-order chi connectivity index (χ0) is 21.5. The van der Waals surface area contributed by atoms with E-state index in [0.717, 1.165) is 24.0 Å². The Kier molecular flexibility index (Phi) is 5.44. The summed E-state index contributed by atoms with van der Waals surface area (Å²) in [7, 11) is 0. The summed E-state index contributed by atoms with van der Waals surface area (Å²) in [6.45, 7) is 1.59. The summed E-state index contributed by atoms with van der Waals surface area (Å²) in [6.07, 6.45) is -0.806. The Labute approximate surface area is 176 Å². The first-order chi connectivity index (χ1) is 14.2. The number of aromatic nitrogens is 3. The number of aryl methyl sites for hydroxylation is 1. The standard InChI is InChI=1S/C21H20ClF3N4O/c1-12-8-14(4-5-15(12)18(30)9-13-2-3-13)17-11-27-20-16(10-19(22)28-29(17)20)26-7-6-21(23,24)25/h4-5,8,10-11,13,26H,2-3,6-7,9H2,1H3. The molecule has 0 spiro atoms. The second-order valence-electron chi connectivity index (χ2n) is 7.65. The Balaban J connectivity index is 1.63. The van der Waals surface area contributed by atoms with Crippen molar-refractivity contribution in [3.63, 3.8) is 0 Å². The first-order valence-electron chi connectivity index (χ1n) is 9.70. The van der Waals surface area contributed by atoms with Gasteiger partial charge in [-0.1, -0.05) is 23.7 Å². The van der Waals surface area contributed by atoms with E-state index < -0.39 is 12.6 Å². The van der Waals surface area contributed by atoms with Crippen LogP contribution in [0.15, 0.2) is 30.5 Å². The molecule has 2 heterocycles. The van der Waals surface area contributed by atoms with Crippen LogP contribution in [0.1, 0.15) is 41.6 Å². The third-order valence-electron chi connectivity index (χ3n) is 5.16. The van der Waals surface area contributed by atoms with E-state index in [1.54, 1.807) is 6.20 Å². The van der Waals surface area contributed by atoms with Crippen LogP contribution in [-0.2, 0) is 0 Å². The fraction of sp³-hybridized carbons (Fsp3) is 0.381. The molecule has 158 valence electrons. The fourth-order valence-corrected chi connectivity index (χ4v) is 3.62. The van der Waals surface area contributed by atoms with Crippen LogP contribution in [0.4, 0.5) is 18.9 Å².